The molecule has 0 unspecified atom stereocenters. The number of aromatic nitrogens is 2. The molecule has 0 amide bonds. The monoisotopic (exact) mass is 384 g/mol. The van der Waals surface area contributed by atoms with Gasteiger partial charge in [-0.25, -0.2) is 0 Å². The number of nitrogens with zero attached hydrogens (tertiary/aromatic N) is 2. The molecule has 144 valence electrons. The number of allylic oxidation sites excluding steroid dienone is 1. The van der Waals surface area contributed by atoms with Crippen molar-refractivity contribution in [2.45, 2.75) is 13.2 Å². The summed E-state index contributed by atoms with van der Waals surface area (Å²) in [7, 11) is 1.60. The third-order valence-corrected chi connectivity index (χ3v) is 3.99. The zero-order valence-corrected chi connectivity index (χ0v) is 15.1. The van der Waals surface area contributed by atoms with Gasteiger partial charge in [0.1, 0.15) is 11.5 Å². The molecule has 28 heavy (non-hydrogen) atoms. The minimum absolute atomic E-state index is 0.00828. The van der Waals surface area contributed by atoms with Gasteiger partial charge in [0.2, 0.25) is 0 Å². The van der Waals surface area contributed by atoms with Crippen molar-refractivity contribution in [2.75, 3.05) is 7.11 Å². The number of carbonyl (C=O) groups excluding carboxylic acids is 1. The molecule has 0 N–H and O–H groups in total. The molecule has 0 aliphatic heterocycles. The summed E-state index contributed by atoms with van der Waals surface area (Å²) in [5.41, 5.74) is 2.13. The van der Waals surface area contributed by atoms with E-state index in [0.29, 0.717) is 12.1 Å². The van der Waals surface area contributed by atoms with Gasteiger partial charge in [-0.1, -0.05) is 12.1 Å². The Morgan fingerprint density at radius 1 is 1.21 bits per heavy atom. The lowest BCUT2D eigenvalue weighted by Crippen LogP contribution is -2.03. The largest absolute Gasteiger partial charge is 0.496 e. The lowest BCUT2D eigenvalue weighted by Gasteiger charge is -2.09. The van der Waals surface area contributed by atoms with Gasteiger partial charge in [0.15, 0.2) is 5.78 Å². The van der Waals surface area contributed by atoms with Crippen molar-refractivity contribution in [1.29, 1.82) is 0 Å². The van der Waals surface area contributed by atoms with Crippen molar-refractivity contribution < 1.29 is 23.0 Å². The first kappa shape index (κ1) is 19.3. The maximum Gasteiger partial charge on any atom is 0.387 e. The predicted octanol–water partition coefficient (Wildman–Crippen LogP) is 4.44. The fourth-order valence-corrected chi connectivity index (χ4v) is 2.66. The number of benzene rings is 2. The number of rotatable bonds is 8. The van der Waals surface area contributed by atoms with Crippen molar-refractivity contribution in [3.05, 3.63) is 83.7 Å². The number of ether oxygens (including phenoxy) is 2. The van der Waals surface area contributed by atoms with Gasteiger partial charge in [-0.05, 0) is 54.1 Å². The molecular weight excluding hydrogens is 366 g/mol. The Hall–Kier alpha value is -3.48. The zero-order chi connectivity index (χ0) is 19.9. The standard InChI is InChI=1S/C21H18F2N2O3/c1-27-20-10-4-15(13-17(20)14-25-12-2-11-24-25)3-9-19(26)16-5-7-18(8-6-16)28-21(22)23/h2-13,21H,14H2,1H3/b9-3+. The molecule has 0 radical (unpaired) electrons. The van der Waals surface area contributed by atoms with Gasteiger partial charge in [-0.3, -0.25) is 9.48 Å². The van der Waals surface area contributed by atoms with E-state index in [1.165, 1.54) is 30.3 Å². The van der Waals surface area contributed by atoms with E-state index < -0.39 is 6.61 Å². The van der Waals surface area contributed by atoms with Crippen LogP contribution < -0.4 is 9.47 Å². The average Bonchev–Trinajstić information content (AvgIpc) is 3.19. The Balaban J connectivity index is 1.73. The SMILES string of the molecule is COc1ccc(/C=C/C(=O)c2ccc(OC(F)F)cc2)cc1Cn1cccn1. The summed E-state index contributed by atoms with van der Waals surface area (Å²) >= 11 is 0. The first-order valence-electron chi connectivity index (χ1n) is 8.47. The predicted molar refractivity (Wildman–Crippen MR) is 101 cm³/mol. The smallest absolute Gasteiger partial charge is 0.387 e. The zero-order valence-electron chi connectivity index (χ0n) is 15.1. The first-order valence-corrected chi connectivity index (χ1v) is 8.47. The normalized spacial score (nSPS) is 11.1. The van der Waals surface area contributed by atoms with Crippen LogP contribution in [0.1, 0.15) is 21.5 Å². The molecule has 7 heteroatoms. The van der Waals surface area contributed by atoms with E-state index in [1.807, 2.05) is 30.5 Å². The van der Waals surface area contributed by atoms with Crippen molar-refractivity contribution in [2.24, 2.45) is 0 Å². The molecule has 5 nitrogen and oxygen atoms in total. The van der Waals surface area contributed by atoms with Gasteiger partial charge < -0.3 is 9.47 Å². The highest BCUT2D eigenvalue weighted by Crippen LogP contribution is 2.22. The van der Waals surface area contributed by atoms with Crippen LogP contribution in [-0.2, 0) is 6.54 Å². The Bertz CT molecular complexity index is 952. The summed E-state index contributed by atoms with van der Waals surface area (Å²) in [4.78, 5) is 12.3. The quantitative estimate of drug-likeness (QED) is 0.426. The number of alkyl halides is 2. The third-order valence-electron chi connectivity index (χ3n) is 3.99. The maximum absolute atomic E-state index is 12.3. The highest BCUT2D eigenvalue weighted by molar-refractivity contribution is 6.06. The van der Waals surface area contributed by atoms with Crippen LogP contribution in [0.3, 0.4) is 0 Å². The second-order valence-electron chi connectivity index (χ2n) is 5.88. The topological polar surface area (TPSA) is 53.4 Å². The van der Waals surface area contributed by atoms with E-state index >= 15 is 0 Å². The number of ketones is 1. The fraction of sp³-hybridized carbons (Fsp3) is 0.143. The van der Waals surface area contributed by atoms with Gasteiger partial charge in [-0.15, -0.1) is 0 Å². The van der Waals surface area contributed by atoms with Crippen molar-refractivity contribution in [1.82, 2.24) is 9.78 Å². The van der Waals surface area contributed by atoms with Crippen LogP contribution in [0.25, 0.3) is 6.08 Å². The second kappa shape index (κ2) is 8.94. The highest BCUT2D eigenvalue weighted by atomic mass is 19.3. The van der Waals surface area contributed by atoms with E-state index in [0.717, 1.165) is 16.9 Å². The highest BCUT2D eigenvalue weighted by Gasteiger charge is 2.07. The van der Waals surface area contributed by atoms with Crippen molar-refractivity contribution in [3.8, 4) is 11.5 Å². The molecule has 2 aromatic carbocycles. The lowest BCUT2D eigenvalue weighted by molar-refractivity contribution is -0.0498. The van der Waals surface area contributed by atoms with Crippen LogP contribution >= 0.6 is 0 Å². The number of carbonyl (C=O) groups is 1. The van der Waals surface area contributed by atoms with Gasteiger partial charge in [0.25, 0.3) is 0 Å². The lowest BCUT2D eigenvalue weighted by atomic mass is 10.1. The first-order chi connectivity index (χ1) is 13.5. The molecule has 0 aliphatic rings. The molecule has 1 heterocycles. The molecule has 0 atom stereocenters. The van der Waals surface area contributed by atoms with Gasteiger partial charge in [-0.2, -0.15) is 13.9 Å². The minimum atomic E-state index is -2.90. The summed E-state index contributed by atoms with van der Waals surface area (Å²) < 4.78 is 35.8. The molecular formula is C21H18F2N2O3. The fourth-order valence-electron chi connectivity index (χ4n) is 2.66. The number of methoxy groups -OCH3 is 1. The van der Waals surface area contributed by atoms with E-state index in [2.05, 4.69) is 9.84 Å². The Kier molecular flexibility index (Phi) is 6.16. The summed E-state index contributed by atoms with van der Waals surface area (Å²) in [5.74, 6) is 0.496. The summed E-state index contributed by atoms with van der Waals surface area (Å²) in [6, 6.07) is 13.0. The molecule has 3 rings (SSSR count). The molecule has 0 fully saturated rings. The van der Waals surface area contributed by atoms with Crippen LogP contribution in [0.15, 0.2) is 67.0 Å². The average molecular weight is 384 g/mol. The van der Waals surface area contributed by atoms with Crippen LogP contribution in [0.2, 0.25) is 0 Å². The molecule has 0 bridgehead atoms. The molecule has 0 saturated carbocycles. The van der Waals surface area contributed by atoms with Crippen LogP contribution in [0, 0.1) is 0 Å². The number of halogens is 2. The molecule has 0 spiro atoms. The molecule has 3 aromatic rings. The van der Waals surface area contributed by atoms with Crippen LogP contribution in [-0.4, -0.2) is 29.3 Å². The van der Waals surface area contributed by atoms with E-state index in [-0.39, 0.29) is 11.5 Å². The maximum atomic E-state index is 12.3. The molecule has 0 aliphatic carbocycles. The minimum Gasteiger partial charge on any atom is -0.496 e. The number of hydrogen-bond acceptors (Lipinski definition) is 4. The van der Waals surface area contributed by atoms with Crippen LogP contribution in [0.5, 0.6) is 11.5 Å². The Morgan fingerprint density at radius 2 is 2.00 bits per heavy atom. The van der Waals surface area contributed by atoms with Gasteiger partial charge >= 0.3 is 6.61 Å². The Labute approximate surface area is 160 Å². The van der Waals surface area contributed by atoms with Gasteiger partial charge in [0.05, 0.1) is 13.7 Å². The van der Waals surface area contributed by atoms with Crippen LogP contribution in [0.4, 0.5) is 8.78 Å². The van der Waals surface area contributed by atoms with Crippen molar-refractivity contribution >= 4 is 11.9 Å². The summed E-state index contributed by atoms with van der Waals surface area (Å²) in [6.07, 6.45) is 6.68. The summed E-state index contributed by atoms with van der Waals surface area (Å²) in [5, 5.41) is 4.19. The second-order valence-corrected chi connectivity index (χ2v) is 5.88. The van der Waals surface area contributed by atoms with Gasteiger partial charge in [0, 0.05) is 23.5 Å². The molecule has 1 aromatic heterocycles. The summed E-state index contributed by atoms with van der Waals surface area (Å²) in [6.45, 7) is -2.36. The van der Waals surface area contributed by atoms with E-state index in [9.17, 15) is 13.6 Å². The molecule has 0 saturated heterocycles. The number of hydrogen-bond donors (Lipinski definition) is 0. The van der Waals surface area contributed by atoms with E-state index in [4.69, 9.17) is 4.74 Å². The third kappa shape index (κ3) is 5.03. The van der Waals surface area contributed by atoms with Crippen molar-refractivity contribution in [3.63, 3.8) is 0 Å². The van der Waals surface area contributed by atoms with E-state index in [1.54, 1.807) is 24.1 Å². The Morgan fingerprint density at radius 3 is 2.64 bits per heavy atom.